The summed E-state index contributed by atoms with van der Waals surface area (Å²) in [6, 6.07) is 0. The summed E-state index contributed by atoms with van der Waals surface area (Å²) < 4.78 is 11.0. The van der Waals surface area contributed by atoms with E-state index in [4.69, 9.17) is 9.47 Å². The first-order chi connectivity index (χ1) is 6.16. The highest BCUT2D eigenvalue weighted by atomic mass is 16.7. The predicted octanol–water partition coefficient (Wildman–Crippen LogP) is 1.75. The van der Waals surface area contributed by atoms with E-state index < -0.39 is 5.79 Å². The molecule has 3 heteroatoms. The fourth-order valence-corrected chi connectivity index (χ4v) is 1.76. The van der Waals surface area contributed by atoms with Crippen LogP contribution in [0.3, 0.4) is 0 Å². The Labute approximate surface area is 79.4 Å². The maximum Gasteiger partial charge on any atom is 0.165 e. The number of carbonyl (C=O) groups excluding carboxylic acids is 1. The lowest BCUT2D eigenvalue weighted by Gasteiger charge is -2.25. The Bertz CT molecular complexity index is 162. The number of hydrogen-bond acceptors (Lipinski definition) is 3. The molecule has 1 heterocycles. The molecule has 0 aromatic carbocycles. The molecule has 76 valence electrons. The second-order valence-corrected chi connectivity index (χ2v) is 3.88. The van der Waals surface area contributed by atoms with Crippen molar-refractivity contribution < 1.29 is 14.3 Å². The third-order valence-electron chi connectivity index (χ3n) is 2.39. The summed E-state index contributed by atoms with van der Waals surface area (Å²) in [6.45, 7) is 5.48. The van der Waals surface area contributed by atoms with Crippen LogP contribution in [0.4, 0.5) is 0 Å². The van der Waals surface area contributed by atoms with E-state index in [0.29, 0.717) is 25.6 Å². The lowest BCUT2D eigenvalue weighted by Crippen LogP contribution is -2.28. The SMILES string of the molecule is CC(CCC=O)CC1(C)OCCO1. The zero-order valence-corrected chi connectivity index (χ0v) is 8.41. The van der Waals surface area contributed by atoms with Crippen LogP contribution in [0.2, 0.25) is 0 Å². The summed E-state index contributed by atoms with van der Waals surface area (Å²) in [6.07, 6.45) is 3.40. The van der Waals surface area contributed by atoms with Gasteiger partial charge in [0.1, 0.15) is 6.29 Å². The molecule has 1 aliphatic rings. The van der Waals surface area contributed by atoms with E-state index in [1.54, 1.807) is 0 Å². The van der Waals surface area contributed by atoms with Gasteiger partial charge < -0.3 is 14.3 Å². The van der Waals surface area contributed by atoms with Crippen molar-refractivity contribution in [3.8, 4) is 0 Å². The van der Waals surface area contributed by atoms with Gasteiger partial charge in [-0.2, -0.15) is 0 Å². The molecule has 3 nitrogen and oxygen atoms in total. The van der Waals surface area contributed by atoms with Crippen LogP contribution in [0.5, 0.6) is 0 Å². The number of carbonyl (C=O) groups is 1. The van der Waals surface area contributed by atoms with Gasteiger partial charge in [-0.1, -0.05) is 6.92 Å². The molecular formula is C10H18O3. The first-order valence-electron chi connectivity index (χ1n) is 4.88. The minimum atomic E-state index is -0.400. The van der Waals surface area contributed by atoms with Gasteiger partial charge >= 0.3 is 0 Å². The molecule has 0 bridgehead atoms. The minimum Gasteiger partial charge on any atom is -0.348 e. The quantitative estimate of drug-likeness (QED) is 0.614. The van der Waals surface area contributed by atoms with Gasteiger partial charge in [0, 0.05) is 12.8 Å². The number of ether oxygens (including phenoxy) is 2. The van der Waals surface area contributed by atoms with Crippen LogP contribution < -0.4 is 0 Å². The second kappa shape index (κ2) is 4.72. The number of rotatable bonds is 5. The normalized spacial score (nSPS) is 22.9. The van der Waals surface area contributed by atoms with Crippen molar-refractivity contribution in [1.82, 2.24) is 0 Å². The van der Waals surface area contributed by atoms with E-state index in [1.165, 1.54) is 0 Å². The molecule has 0 aliphatic carbocycles. The van der Waals surface area contributed by atoms with E-state index in [0.717, 1.165) is 19.1 Å². The number of aldehydes is 1. The molecule has 1 saturated heterocycles. The summed E-state index contributed by atoms with van der Waals surface area (Å²) >= 11 is 0. The summed E-state index contributed by atoms with van der Waals surface area (Å²) in [5.41, 5.74) is 0. The maximum atomic E-state index is 10.2. The van der Waals surface area contributed by atoms with Gasteiger partial charge in [-0.05, 0) is 19.3 Å². The zero-order chi connectivity index (χ0) is 9.73. The Morgan fingerprint density at radius 3 is 2.62 bits per heavy atom. The van der Waals surface area contributed by atoms with Crippen molar-refractivity contribution in [3.63, 3.8) is 0 Å². The Morgan fingerprint density at radius 2 is 2.08 bits per heavy atom. The average molecular weight is 186 g/mol. The van der Waals surface area contributed by atoms with Gasteiger partial charge in [0.2, 0.25) is 0 Å². The molecule has 0 spiro atoms. The lowest BCUT2D eigenvalue weighted by molar-refractivity contribution is -0.154. The second-order valence-electron chi connectivity index (χ2n) is 3.88. The molecule has 0 radical (unpaired) electrons. The summed E-state index contributed by atoms with van der Waals surface area (Å²) in [4.78, 5) is 10.2. The molecule has 1 atom stereocenters. The minimum absolute atomic E-state index is 0.400. The third kappa shape index (κ3) is 3.44. The topological polar surface area (TPSA) is 35.5 Å². The fraction of sp³-hybridized carbons (Fsp3) is 0.900. The zero-order valence-electron chi connectivity index (χ0n) is 8.41. The van der Waals surface area contributed by atoms with Crippen molar-refractivity contribution in [3.05, 3.63) is 0 Å². The average Bonchev–Trinajstić information content (AvgIpc) is 2.48. The fourth-order valence-electron chi connectivity index (χ4n) is 1.76. The van der Waals surface area contributed by atoms with Gasteiger partial charge in [-0.25, -0.2) is 0 Å². The number of hydrogen-bond donors (Lipinski definition) is 0. The smallest absolute Gasteiger partial charge is 0.165 e. The van der Waals surface area contributed by atoms with E-state index in [9.17, 15) is 4.79 Å². The predicted molar refractivity (Wildman–Crippen MR) is 49.4 cm³/mol. The van der Waals surface area contributed by atoms with Crippen LogP contribution in [-0.4, -0.2) is 25.3 Å². The van der Waals surface area contributed by atoms with E-state index >= 15 is 0 Å². The van der Waals surface area contributed by atoms with Crippen LogP contribution in [0.1, 0.15) is 33.1 Å². The lowest BCUT2D eigenvalue weighted by atomic mass is 9.97. The standard InChI is InChI=1S/C10H18O3/c1-9(4-3-5-11)8-10(2)12-6-7-13-10/h5,9H,3-4,6-8H2,1-2H3. The van der Waals surface area contributed by atoms with Crippen LogP contribution in [0.15, 0.2) is 0 Å². The molecule has 1 aliphatic heterocycles. The highest BCUT2D eigenvalue weighted by Crippen LogP contribution is 2.28. The Balaban J connectivity index is 2.25. The molecule has 0 N–H and O–H groups in total. The van der Waals surface area contributed by atoms with Gasteiger partial charge in [0.15, 0.2) is 5.79 Å². The van der Waals surface area contributed by atoms with Gasteiger partial charge in [0.05, 0.1) is 13.2 Å². The van der Waals surface area contributed by atoms with E-state index in [1.807, 2.05) is 6.92 Å². The largest absolute Gasteiger partial charge is 0.348 e. The molecule has 1 rings (SSSR count). The van der Waals surface area contributed by atoms with Crippen molar-refractivity contribution in [2.75, 3.05) is 13.2 Å². The van der Waals surface area contributed by atoms with Crippen LogP contribution in [0, 0.1) is 5.92 Å². The molecular weight excluding hydrogens is 168 g/mol. The summed E-state index contributed by atoms with van der Waals surface area (Å²) in [7, 11) is 0. The molecule has 0 saturated carbocycles. The van der Waals surface area contributed by atoms with Gasteiger partial charge in [0.25, 0.3) is 0 Å². The highest BCUT2D eigenvalue weighted by molar-refractivity contribution is 5.49. The van der Waals surface area contributed by atoms with Crippen molar-refractivity contribution in [2.45, 2.75) is 38.9 Å². The van der Waals surface area contributed by atoms with Crippen LogP contribution in [-0.2, 0) is 14.3 Å². The molecule has 13 heavy (non-hydrogen) atoms. The first kappa shape index (κ1) is 10.7. The van der Waals surface area contributed by atoms with Crippen molar-refractivity contribution >= 4 is 6.29 Å². The van der Waals surface area contributed by atoms with Crippen LogP contribution in [0.25, 0.3) is 0 Å². The molecule has 1 fully saturated rings. The first-order valence-corrected chi connectivity index (χ1v) is 4.88. The van der Waals surface area contributed by atoms with E-state index in [-0.39, 0.29) is 0 Å². The van der Waals surface area contributed by atoms with Gasteiger partial charge in [-0.15, -0.1) is 0 Å². The Hall–Kier alpha value is -0.410. The monoisotopic (exact) mass is 186 g/mol. The highest BCUT2D eigenvalue weighted by Gasteiger charge is 2.32. The summed E-state index contributed by atoms with van der Waals surface area (Å²) in [5.74, 6) is 0.0794. The maximum absolute atomic E-state index is 10.2. The molecule has 1 unspecified atom stereocenters. The molecule has 0 amide bonds. The molecule has 0 aromatic heterocycles. The Morgan fingerprint density at radius 1 is 1.46 bits per heavy atom. The van der Waals surface area contributed by atoms with Crippen LogP contribution >= 0.6 is 0 Å². The third-order valence-corrected chi connectivity index (χ3v) is 2.39. The van der Waals surface area contributed by atoms with E-state index in [2.05, 4.69) is 6.92 Å². The molecule has 0 aromatic rings. The summed E-state index contributed by atoms with van der Waals surface area (Å²) in [5, 5.41) is 0. The van der Waals surface area contributed by atoms with Crippen molar-refractivity contribution in [2.24, 2.45) is 5.92 Å². The Kier molecular flexibility index (Phi) is 3.88. The van der Waals surface area contributed by atoms with Gasteiger partial charge in [-0.3, -0.25) is 0 Å². The van der Waals surface area contributed by atoms with Crippen molar-refractivity contribution in [1.29, 1.82) is 0 Å².